The summed E-state index contributed by atoms with van der Waals surface area (Å²) in [5, 5.41) is 0.242. The number of rotatable bonds is 3. The van der Waals surface area contributed by atoms with Crippen molar-refractivity contribution in [3.8, 4) is 5.75 Å². The summed E-state index contributed by atoms with van der Waals surface area (Å²) in [6, 6.07) is 6.55. The molecule has 0 N–H and O–H groups in total. The maximum Gasteiger partial charge on any atom is 0.122 e. The molecule has 1 aliphatic carbocycles. The van der Waals surface area contributed by atoms with Crippen molar-refractivity contribution in [3.05, 3.63) is 29.3 Å². The van der Waals surface area contributed by atoms with Crippen LogP contribution in [0.25, 0.3) is 0 Å². The monoisotopic (exact) mass is 294 g/mol. The summed E-state index contributed by atoms with van der Waals surface area (Å²) in [4.78, 5) is 0. The van der Waals surface area contributed by atoms with Crippen LogP contribution in [0.1, 0.15) is 58.6 Å². The third-order valence-electron chi connectivity index (χ3n) is 4.94. The van der Waals surface area contributed by atoms with Gasteiger partial charge in [-0.25, -0.2) is 0 Å². The van der Waals surface area contributed by atoms with Gasteiger partial charge in [-0.15, -0.1) is 11.6 Å². The number of alkyl halides is 1. The van der Waals surface area contributed by atoms with Crippen molar-refractivity contribution in [1.29, 1.82) is 0 Å². The number of benzene rings is 1. The molecule has 2 rings (SSSR count). The Kier molecular flexibility index (Phi) is 4.12. The van der Waals surface area contributed by atoms with Crippen molar-refractivity contribution < 1.29 is 4.74 Å². The zero-order valence-electron chi connectivity index (χ0n) is 13.6. The lowest BCUT2D eigenvalue weighted by Gasteiger charge is -2.50. The largest absolute Gasteiger partial charge is 0.489 e. The average molecular weight is 295 g/mol. The first-order valence-corrected chi connectivity index (χ1v) is 8.04. The van der Waals surface area contributed by atoms with Crippen molar-refractivity contribution in [2.75, 3.05) is 0 Å². The van der Waals surface area contributed by atoms with E-state index in [9.17, 15) is 0 Å². The van der Waals surface area contributed by atoms with Gasteiger partial charge >= 0.3 is 0 Å². The van der Waals surface area contributed by atoms with Gasteiger partial charge in [0.05, 0.1) is 0 Å². The van der Waals surface area contributed by atoms with E-state index < -0.39 is 0 Å². The van der Waals surface area contributed by atoms with E-state index in [1.54, 1.807) is 0 Å². The van der Waals surface area contributed by atoms with Gasteiger partial charge in [-0.2, -0.15) is 0 Å². The van der Waals surface area contributed by atoms with Gasteiger partial charge in [-0.1, -0.05) is 46.8 Å². The molecule has 0 amide bonds. The molecular weight excluding hydrogens is 268 g/mol. The van der Waals surface area contributed by atoms with Gasteiger partial charge in [0.25, 0.3) is 0 Å². The van der Waals surface area contributed by atoms with Crippen molar-refractivity contribution in [1.82, 2.24) is 0 Å². The summed E-state index contributed by atoms with van der Waals surface area (Å²) in [5.41, 5.74) is 2.86. The van der Waals surface area contributed by atoms with Gasteiger partial charge in [-0.05, 0) is 36.0 Å². The van der Waals surface area contributed by atoms with E-state index in [-0.39, 0.29) is 22.3 Å². The summed E-state index contributed by atoms with van der Waals surface area (Å²) < 4.78 is 6.24. The Bertz CT molecular complexity index is 489. The Balaban J connectivity index is 2.16. The zero-order valence-corrected chi connectivity index (χ0v) is 14.3. The number of aryl methyl sites for hydroxylation is 1. The van der Waals surface area contributed by atoms with Crippen LogP contribution in [0, 0.1) is 12.3 Å². The second-order valence-electron chi connectivity index (χ2n) is 7.40. The van der Waals surface area contributed by atoms with Gasteiger partial charge in [-0.3, -0.25) is 0 Å². The average Bonchev–Trinajstić information content (AvgIpc) is 2.38. The van der Waals surface area contributed by atoms with Crippen LogP contribution in [-0.4, -0.2) is 11.5 Å². The van der Waals surface area contributed by atoms with Crippen molar-refractivity contribution in [2.45, 2.75) is 71.3 Å². The predicted octanol–water partition coefficient (Wildman–Crippen LogP) is 5.47. The molecule has 0 radical (unpaired) electrons. The maximum absolute atomic E-state index is 6.36. The molecule has 0 saturated heterocycles. The molecule has 3 atom stereocenters. The Morgan fingerprint density at radius 2 is 2.00 bits per heavy atom. The van der Waals surface area contributed by atoms with Crippen molar-refractivity contribution in [3.63, 3.8) is 0 Å². The van der Waals surface area contributed by atoms with Gasteiger partial charge < -0.3 is 4.74 Å². The van der Waals surface area contributed by atoms with E-state index >= 15 is 0 Å². The summed E-state index contributed by atoms with van der Waals surface area (Å²) in [6.45, 7) is 13.3. The van der Waals surface area contributed by atoms with Crippen LogP contribution < -0.4 is 4.74 Å². The molecule has 20 heavy (non-hydrogen) atoms. The summed E-state index contributed by atoms with van der Waals surface area (Å²) in [6.07, 6.45) is 2.26. The molecule has 0 bridgehead atoms. The maximum atomic E-state index is 6.36. The lowest BCUT2D eigenvalue weighted by atomic mass is 9.65. The van der Waals surface area contributed by atoms with Crippen LogP contribution in [0.4, 0.5) is 0 Å². The molecule has 1 nitrogen and oxygen atoms in total. The first-order chi connectivity index (χ1) is 9.18. The van der Waals surface area contributed by atoms with E-state index in [4.69, 9.17) is 16.3 Å². The van der Waals surface area contributed by atoms with Gasteiger partial charge in [0, 0.05) is 17.2 Å². The Hall–Kier alpha value is -0.690. The molecule has 1 fully saturated rings. The minimum absolute atomic E-state index is 0.108. The van der Waals surface area contributed by atoms with E-state index in [0.717, 1.165) is 18.6 Å². The fourth-order valence-electron chi connectivity index (χ4n) is 2.80. The van der Waals surface area contributed by atoms with Crippen molar-refractivity contribution >= 4 is 11.6 Å². The lowest BCUT2D eigenvalue weighted by molar-refractivity contribution is -0.0298. The second kappa shape index (κ2) is 5.26. The minimum Gasteiger partial charge on any atom is -0.489 e. The molecule has 0 aromatic heterocycles. The van der Waals surface area contributed by atoms with Crippen LogP contribution in [0.5, 0.6) is 5.75 Å². The number of hydrogen-bond acceptors (Lipinski definition) is 1. The highest BCUT2D eigenvalue weighted by atomic mass is 35.5. The fourth-order valence-corrected chi connectivity index (χ4v) is 3.26. The molecule has 1 saturated carbocycles. The van der Waals surface area contributed by atoms with Crippen LogP contribution in [0.3, 0.4) is 0 Å². The highest BCUT2D eigenvalue weighted by Gasteiger charge is 2.51. The Morgan fingerprint density at radius 3 is 2.45 bits per heavy atom. The third-order valence-corrected chi connectivity index (χ3v) is 5.62. The molecule has 0 heterocycles. The number of ether oxygens (including phenoxy) is 1. The quantitative estimate of drug-likeness (QED) is 0.672. The Morgan fingerprint density at radius 1 is 1.35 bits per heavy atom. The molecule has 1 aromatic rings. The Labute approximate surface area is 128 Å². The molecular formula is C18H27ClO. The standard InChI is InChI=1S/C18H27ClO/c1-7-18(6)15(19)11-16(18)20-14-9-8-13(10-12(14)2)17(3,4)5/h8-10,15-16H,7,11H2,1-6H3. The fraction of sp³-hybridized carbons (Fsp3) is 0.667. The van der Waals surface area contributed by atoms with E-state index in [1.807, 2.05) is 0 Å². The highest BCUT2D eigenvalue weighted by Crippen LogP contribution is 2.49. The first kappa shape index (κ1) is 15.7. The highest BCUT2D eigenvalue weighted by molar-refractivity contribution is 6.21. The van der Waals surface area contributed by atoms with Gasteiger partial charge in [0.1, 0.15) is 11.9 Å². The van der Waals surface area contributed by atoms with Crippen molar-refractivity contribution in [2.24, 2.45) is 5.41 Å². The van der Waals surface area contributed by atoms with E-state index in [0.29, 0.717) is 0 Å². The first-order valence-electron chi connectivity index (χ1n) is 7.60. The molecule has 0 aliphatic heterocycles. The zero-order chi connectivity index (χ0) is 15.1. The normalized spacial score (nSPS) is 29.9. The third kappa shape index (κ3) is 2.70. The summed E-state index contributed by atoms with van der Waals surface area (Å²) in [5.74, 6) is 1.01. The molecule has 112 valence electrons. The van der Waals surface area contributed by atoms with Crippen LogP contribution in [-0.2, 0) is 5.41 Å². The van der Waals surface area contributed by atoms with Gasteiger partial charge in [0.2, 0.25) is 0 Å². The van der Waals surface area contributed by atoms with E-state index in [1.165, 1.54) is 11.1 Å². The number of halogens is 1. The van der Waals surface area contributed by atoms with E-state index in [2.05, 4.69) is 59.7 Å². The number of hydrogen-bond donors (Lipinski definition) is 0. The SMILES string of the molecule is CCC1(C)C(Cl)CC1Oc1ccc(C(C)(C)C)cc1C. The smallest absolute Gasteiger partial charge is 0.122 e. The second-order valence-corrected chi connectivity index (χ2v) is 7.93. The summed E-state index contributed by atoms with van der Waals surface area (Å²) >= 11 is 6.36. The molecule has 1 aliphatic rings. The molecule has 3 unspecified atom stereocenters. The van der Waals surface area contributed by atoms with Crippen LogP contribution in [0.15, 0.2) is 18.2 Å². The minimum atomic E-state index is 0.108. The molecule has 2 heteroatoms. The lowest BCUT2D eigenvalue weighted by Crippen LogP contribution is -2.55. The van der Waals surface area contributed by atoms with Crippen LogP contribution >= 0.6 is 11.6 Å². The topological polar surface area (TPSA) is 9.23 Å². The van der Waals surface area contributed by atoms with Gasteiger partial charge in [0.15, 0.2) is 0 Å². The van der Waals surface area contributed by atoms with Crippen LogP contribution in [0.2, 0.25) is 0 Å². The molecule has 1 aromatic carbocycles. The summed E-state index contributed by atoms with van der Waals surface area (Å²) in [7, 11) is 0. The predicted molar refractivity (Wildman–Crippen MR) is 87.0 cm³/mol. The molecule has 0 spiro atoms.